The van der Waals surface area contributed by atoms with Crippen molar-refractivity contribution >= 4 is 16.8 Å². The Morgan fingerprint density at radius 1 is 1.23 bits per heavy atom. The monoisotopic (exact) mass is 291 g/mol. The number of benzene rings is 1. The second-order valence-electron chi connectivity index (χ2n) is 5.95. The zero-order valence-electron chi connectivity index (χ0n) is 12.4. The molecule has 110 valence electrons. The summed E-state index contributed by atoms with van der Waals surface area (Å²) >= 11 is 0. The molecule has 0 saturated heterocycles. The molecule has 4 heteroatoms. The highest BCUT2D eigenvalue weighted by atomic mass is 16.1. The summed E-state index contributed by atoms with van der Waals surface area (Å²) in [4.78, 5) is 19.7. The van der Waals surface area contributed by atoms with E-state index in [1.54, 1.807) is 24.5 Å². The minimum atomic E-state index is -0.0296. The van der Waals surface area contributed by atoms with Gasteiger partial charge in [-0.25, -0.2) is 0 Å². The largest absolute Gasteiger partial charge is 0.358 e. The van der Waals surface area contributed by atoms with E-state index in [0.29, 0.717) is 5.56 Å². The first-order valence-corrected chi connectivity index (χ1v) is 7.51. The Morgan fingerprint density at radius 2 is 2.05 bits per heavy atom. The fraction of sp³-hybridized carbons (Fsp3) is 0.222. The number of hydrogen-bond donors (Lipinski definition) is 2. The minimum Gasteiger partial charge on any atom is -0.358 e. The Kier molecular flexibility index (Phi) is 2.96. The van der Waals surface area contributed by atoms with Gasteiger partial charge in [0.15, 0.2) is 0 Å². The fourth-order valence-corrected chi connectivity index (χ4v) is 3.26. The maximum Gasteiger partial charge on any atom is 0.251 e. The molecule has 1 amide bonds. The molecule has 1 aliphatic carbocycles. The van der Waals surface area contributed by atoms with Crippen molar-refractivity contribution in [1.29, 1.82) is 0 Å². The zero-order chi connectivity index (χ0) is 15.1. The number of nitrogens with one attached hydrogen (secondary N) is 2. The first-order valence-electron chi connectivity index (χ1n) is 7.51. The quantitative estimate of drug-likeness (QED) is 0.763. The van der Waals surface area contributed by atoms with Gasteiger partial charge in [-0.15, -0.1) is 0 Å². The Labute approximate surface area is 128 Å². The second-order valence-corrected chi connectivity index (χ2v) is 5.95. The maximum absolute atomic E-state index is 12.2. The van der Waals surface area contributed by atoms with Crippen molar-refractivity contribution in [2.75, 3.05) is 0 Å². The predicted molar refractivity (Wildman–Crippen MR) is 85.9 cm³/mol. The molecule has 1 unspecified atom stereocenters. The van der Waals surface area contributed by atoms with Crippen molar-refractivity contribution in [2.45, 2.75) is 25.8 Å². The second kappa shape index (κ2) is 4.98. The molecule has 3 aromatic rings. The lowest BCUT2D eigenvalue weighted by molar-refractivity contribution is 0.0938. The standard InChI is InChI=1S/C18H17N3O/c1-11-2-3-16-14(8-11)15-9-13(10-17(15)21-16)20-18(22)12-4-6-19-7-5-12/h2-8,13,21H,9-10H2,1H3,(H,20,22). The van der Waals surface area contributed by atoms with Crippen molar-refractivity contribution in [2.24, 2.45) is 0 Å². The van der Waals surface area contributed by atoms with Gasteiger partial charge in [-0.05, 0) is 43.2 Å². The van der Waals surface area contributed by atoms with Gasteiger partial charge in [0.05, 0.1) is 0 Å². The molecule has 2 heterocycles. The highest BCUT2D eigenvalue weighted by molar-refractivity contribution is 5.94. The lowest BCUT2D eigenvalue weighted by Crippen LogP contribution is -2.35. The molecule has 0 aliphatic heterocycles. The Balaban J connectivity index is 1.55. The lowest BCUT2D eigenvalue weighted by atomic mass is 10.1. The fourth-order valence-electron chi connectivity index (χ4n) is 3.26. The van der Waals surface area contributed by atoms with Crippen LogP contribution in [0.25, 0.3) is 10.9 Å². The van der Waals surface area contributed by atoms with E-state index in [4.69, 9.17) is 0 Å². The molecule has 1 aromatic carbocycles. The Bertz CT molecular complexity index is 851. The van der Waals surface area contributed by atoms with Gasteiger partial charge in [-0.2, -0.15) is 0 Å². The third kappa shape index (κ3) is 2.17. The van der Waals surface area contributed by atoms with Crippen LogP contribution in [0.1, 0.15) is 27.2 Å². The molecule has 4 nitrogen and oxygen atoms in total. The number of H-pyrrole nitrogens is 1. The number of amides is 1. The van der Waals surface area contributed by atoms with Gasteiger partial charge in [0.1, 0.15) is 0 Å². The van der Waals surface area contributed by atoms with Crippen LogP contribution < -0.4 is 5.32 Å². The summed E-state index contributed by atoms with van der Waals surface area (Å²) < 4.78 is 0. The number of carbonyl (C=O) groups is 1. The molecule has 2 N–H and O–H groups in total. The number of carbonyl (C=O) groups excluding carboxylic acids is 1. The van der Waals surface area contributed by atoms with E-state index >= 15 is 0 Å². The van der Waals surface area contributed by atoms with Crippen LogP contribution in [0.2, 0.25) is 0 Å². The summed E-state index contributed by atoms with van der Waals surface area (Å²) in [5, 5.41) is 4.41. The average Bonchev–Trinajstić information content (AvgIpc) is 3.05. The van der Waals surface area contributed by atoms with E-state index in [2.05, 4.69) is 40.4 Å². The van der Waals surface area contributed by atoms with Gasteiger partial charge >= 0.3 is 0 Å². The molecular formula is C18H17N3O. The summed E-state index contributed by atoms with van der Waals surface area (Å²) in [6.07, 6.45) is 5.03. The van der Waals surface area contributed by atoms with Crippen molar-refractivity contribution in [3.63, 3.8) is 0 Å². The van der Waals surface area contributed by atoms with Gasteiger partial charge in [0, 0.05) is 47.0 Å². The van der Waals surface area contributed by atoms with Gasteiger partial charge in [0.25, 0.3) is 5.91 Å². The number of fused-ring (bicyclic) bond motifs is 3. The van der Waals surface area contributed by atoms with Gasteiger partial charge in [-0.1, -0.05) is 11.6 Å². The van der Waals surface area contributed by atoms with E-state index in [9.17, 15) is 4.79 Å². The summed E-state index contributed by atoms with van der Waals surface area (Å²) in [6, 6.07) is 10.1. The molecule has 0 spiro atoms. The number of aromatic nitrogens is 2. The van der Waals surface area contributed by atoms with Gasteiger partial charge in [0.2, 0.25) is 0 Å². The van der Waals surface area contributed by atoms with Crippen molar-refractivity contribution in [3.05, 3.63) is 65.1 Å². The maximum atomic E-state index is 12.2. The van der Waals surface area contributed by atoms with E-state index < -0.39 is 0 Å². The molecule has 2 aromatic heterocycles. The molecular weight excluding hydrogens is 274 g/mol. The molecule has 0 bridgehead atoms. The van der Waals surface area contributed by atoms with Crippen LogP contribution in [0.3, 0.4) is 0 Å². The van der Waals surface area contributed by atoms with Crippen LogP contribution in [-0.4, -0.2) is 21.9 Å². The topological polar surface area (TPSA) is 57.8 Å². The van der Waals surface area contributed by atoms with E-state index in [-0.39, 0.29) is 11.9 Å². The van der Waals surface area contributed by atoms with Crippen molar-refractivity contribution in [3.8, 4) is 0 Å². The number of hydrogen-bond acceptors (Lipinski definition) is 2. The average molecular weight is 291 g/mol. The highest BCUT2D eigenvalue weighted by Gasteiger charge is 2.26. The van der Waals surface area contributed by atoms with Crippen LogP contribution in [-0.2, 0) is 12.8 Å². The molecule has 0 saturated carbocycles. The van der Waals surface area contributed by atoms with Crippen LogP contribution in [0.15, 0.2) is 42.7 Å². The molecule has 0 radical (unpaired) electrons. The van der Waals surface area contributed by atoms with Gasteiger partial charge in [-0.3, -0.25) is 9.78 Å². The Hall–Kier alpha value is -2.62. The van der Waals surface area contributed by atoms with Crippen LogP contribution >= 0.6 is 0 Å². The first kappa shape index (κ1) is 13.1. The molecule has 22 heavy (non-hydrogen) atoms. The number of nitrogens with zero attached hydrogens (tertiary/aromatic N) is 1. The normalized spacial score (nSPS) is 16.7. The van der Waals surface area contributed by atoms with Crippen LogP contribution in [0, 0.1) is 6.92 Å². The number of aryl methyl sites for hydroxylation is 1. The zero-order valence-corrected chi connectivity index (χ0v) is 12.4. The van der Waals surface area contributed by atoms with E-state index in [1.807, 2.05) is 0 Å². The van der Waals surface area contributed by atoms with E-state index in [1.165, 1.54) is 27.7 Å². The van der Waals surface area contributed by atoms with Gasteiger partial charge < -0.3 is 10.3 Å². The molecule has 4 rings (SSSR count). The first-order chi connectivity index (χ1) is 10.7. The third-order valence-corrected chi connectivity index (χ3v) is 4.33. The molecule has 0 fully saturated rings. The van der Waals surface area contributed by atoms with Crippen molar-refractivity contribution in [1.82, 2.24) is 15.3 Å². The van der Waals surface area contributed by atoms with E-state index in [0.717, 1.165) is 12.8 Å². The number of rotatable bonds is 2. The third-order valence-electron chi connectivity index (χ3n) is 4.33. The number of pyridine rings is 1. The van der Waals surface area contributed by atoms with Crippen LogP contribution in [0.5, 0.6) is 0 Å². The Morgan fingerprint density at radius 3 is 2.86 bits per heavy atom. The minimum absolute atomic E-state index is 0.0296. The summed E-state index contributed by atoms with van der Waals surface area (Å²) in [5.41, 5.74) is 5.71. The number of aromatic amines is 1. The summed E-state index contributed by atoms with van der Waals surface area (Å²) in [5.74, 6) is -0.0296. The lowest BCUT2D eigenvalue weighted by Gasteiger charge is -2.12. The van der Waals surface area contributed by atoms with Crippen molar-refractivity contribution < 1.29 is 4.79 Å². The summed E-state index contributed by atoms with van der Waals surface area (Å²) in [7, 11) is 0. The van der Waals surface area contributed by atoms with Crippen LogP contribution in [0.4, 0.5) is 0 Å². The smallest absolute Gasteiger partial charge is 0.251 e. The molecule has 1 aliphatic rings. The highest BCUT2D eigenvalue weighted by Crippen LogP contribution is 2.30. The summed E-state index contributed by atoms with van der Waals surface area (Å²) in [6.45, 7) is 2.11. The molecule has 1 atom stereocenters. The SMILES string of the molecule is Cc1ccc2[nH]c3c(c2c1)CC(NC(=O)c1ccncc1)C3. The predicted octanol–water partition coefficient (Wildman–Crippen LogP) is 2.77.